The van der Waals surface area contributed by atoms with Gasteiger partial charge < -0.3 is 14.5 Å². The molecule has 10 nitrogen and oxygen atoms in total. The van der Waals surface area contributed by atoms with Gasteiger partial charge in [0.25, 0.3) is 5.56 Å². The quantitative estimate of drug-likeness (QED) is 0.342. The normalized spacial score (nSPS) is 14.9. The zero-order valence-electron chi connectivity index (χ0n) is 23.5. The van der Waals surface area contributed by atoms with Crippen LogP contribution < -0.4 is 10.3 Å². The largest absolute Gasteiger partial charge is 0.493 e. The Morgan fingerprint density at radius 3 is 2.59 bits per heavy atom. The van der Waals surface area contributed by atoms with Crippen LogP contribution in [0.1, 0.15) is 45.7 Å². The van der Waals surface area contributed by atoms with Crippen molar-refractivity contribution in [2.75, 3.05) is 52.5 Å². The first-order valence-electron chi connectivity index (χ1n) is 14.0. The van der Waals surface area contributed by atoms with Crippen molar-refractivity contribution in [3.63, 3.8) is 0 Å². The van der Waals surface area contributed by atoms with E-state index in [1.807, 2.05) is 19.9 Å². The van der Waals surface area contributed by atoms with E-state index in [2.05, 4.69) is 21.9 Å². The Hall–Kier alpha value is -2.73. The van der Waals surface area contributed by atoms with Gasteiger partial charge in [-0.15, -0.1) is 0 Å². The summed E-state index contributed by atoms with van der Waals surface area (Å²) in [5.74, 6) is 0.530. The molecule has 0 radical (unpaired) electrons. The molecule has 0 saturated carbocycles. The van der Waals surface area contributed by atoms with Crippen LogP contribution in [-0.2, 0) is 28.2 Å². The molecule has 4 rings (SSSR count). The fourth-order valence-electron chi connectivity index (χ4n) is 5.06. The van der Waals surface area contributed by atoms with Crippen molar-refractivity contribution >= 4 is 20.9 Å². The molecule has 1 fully saturated rings. The van der Waals surface area contributed by atoms with Crippen LogP contribution in [0.3, 0.4) is 0 Å². The van der Waals surface area contributed by atoms with Crippen LogP contribution in [0.4, 0.5) is 0 Å². The van der Waals surface area contributed by atoms with Gasteiger partial charge in [0.2, 0.25) is 10.0 Å². The molecule has 1 saturated heterocycles. The number of nitrogens with one attached hydrogen (secondary N) is 1. The highest BCUT2D eigenvalue weighted by molar-refractivity contribution is 7.89. The maximum atomic E-state index is 13.7. The summed E-state index contributed by atoms with van der Waals surface area (Å²) in [7, 11) is -2.00. The van der Waals surface area contributed by atoms with Crippen LogP contribution >= 0.6 is 0 Å². The van der Waals surface area contributed by atoms with Gasteiger partial charge in [-0.1, -0.05) is 27.2 Å². The summed E-state index contributed by atoms with van der Waals surface area (Å²) in [5, 5.41) is 5.32. The molecule has 2 aromatic heterocycles. The lowest BCUT2D eigenvalue weighted by Crippen LogP contribution is -2.39. The van der Waals surface area contributed by atoms with E-state index in [-0.39, 0.29) is 10.5 Å². The van der Waals surface area contributed by atoms with Crippen LogP contribution in [-0.4, -0.2) is 84.9 Å². The number of morpholine rings is 1. The molecular weight excluding hydrogens is 518 g/mol. The highest BCUT2D eigenvalue weighted by Gasteiger charge is 2.25. The fourth-order valence-corrected chi connectivity index (χ4v) is 6.57. The second-order valence-corrected chi connectivity index (χ2v) is 11.8. The van der Waals surface area contributed by atoms with Crippen molar-refractivity contribution in [2.24, 2.45) is 7.05 Å². The molecular formula is C28H41N5O5S. The summed E-state index contributed by atoms with van der Waals surface area (Å²) in [6.45, 7) is 11.2. The van der Waals surface area contributed by atoms with Crippen LogP contribution in [0.2, 0.25) is 0 Å². The highest BCUT2D eigenvalue weighted by Crippen LogP contribution is 2.34. The molecule has 1 N–H and O–H groups in total. The Balaban J connectivity index is 1.69. The van der Waals surface area contributed by atoms with Gasteiger partial charge in [-0.3, -0.25) is 14.4 Å². The van der Waals surface area contributed by atoms with Crippen molar-refractivity contribution in [1.29, 1.82) is 0 Å². The lowest BCUT2D eigenvalue weighted by Gasteiger charge is -2.28. The Morgan fingerprint density at radius 1 is 1.13 bits per heavy atom. The monoisotopic (exact) mass is 559 g/mol. The molecule has 1 aliphatic rings. The van der Waals surface area contributed by atoms with E-state index < -0.39 is 10.0 Å². The van der Waals surface area contributed by atoms with E-state index in [1.54, 1.807) is 29.9 Å². The Labute approximate surface area is 230 Å². The van der Waals surface area contributed by atoms with Gasteiger partial charge in [0.15, 0.2) is 0 Å². The van der Waals surface area contributed by atoms with E-state index in [0.717, 1.165) is 69.6 Å². The summed E-state index contributed by atoms with van der Waals surface area (Å²) in [5.41, 5.74) is 2.13. The molecule has 0 spiro atoms. The Bertz CT molecular complexity index is 1430. The minimum atomic E-state index is -3.76. The van der Waals surface area contributed by atoms with Crippen LogP contribution in [0.5, 0.6) is 5.75 Å². The summed E-state index contributed by atoms with van der Waals surface area (Å²) < 4.78 is 42.0. The van der Waals surface area contributed by atoms with Gasteiger partial charge in [-0.2, -0.15) is 9.40 Å². The van der Waals surface area contributed by atoms with Crippen molar-refractivity contribution < 1.29 is 17.9 Å². The number of fused-ring (bicyclic) bond motifs is 1. The number of hydrogen-bond donors (Lipinski definition) is 1. The summed E-state index contributed by atoms with van der Waals surface area (Å²) in [4.78, 5) is 18.6. The second-order valence-electron chi connectivity index (χ2n) is 9.91. The van der Waals surface area contributed by atoms with Gasteiger partial charge in [0.1, 0.15) is 11.3 Å². The smallest absolute Gasteiger partial charge is 0.274 e. The number of benzene rings is 1. The number of H-pyrrole nitrogens is 1. The van der Waals surface area contributed by atoms with E-state index in [0.29, 0.717) is 42.2 Å². The van der Waals surface area contributed by atoms with E-state index in [4.69, 9.17) is 9.47 Å². The molecule has 214 valence electrons. The molecule has 0 aliphatic carbocycles. The fraction of sp³-hybridized carbons (Fsp3) is 0.571. The lowest BCUT2D eigenvalue weighted by molar-refractivity contribution is 0.0369. The SMILES string of the molecule is CCCOc1ccc(S(=O)(=O)N(CC)CCCN2CCOCC2)cc1-c1cc2c(CCC)nn(C)c2c(=O)[nH]1. The Morgan fingerprint density at radius 2 is 1.90 bits per heavy atom. The molecule has 3 aromatic rings. The van der Waals surface area contributed by atoms with Gasteiger partial charge >= 0.3 is 0 Å². The minimum absolute atomic E-state index is 0.176. The average molecular weight is 560 g/mol. The lowest BCUT2D eigenvalue weighted by atomic mass is 10.1. The Kier molecular flexibility index (Phi) is 9.81. The zero-order valence-corrected chi connectivity index (χ0v) is 24.3. The number of rotatable bonds is 13. The average Bonchev–Trinajstić information content (AvgIpc) is 3.25. The maximum Gasteiger partial charge on any atom is 0.274 e. The van der Waals surface area contributed by atoms with Crippen LogP contribution in [0, 0.1) is 0 Å². The topological polar surface area (TPSA) is 110 Å². The first-order chi connectivity index (χ1) is 18.8. The van der Waals surface area contributed by atoms with Gasteiger partial charge in [-0.05, 0) is 50.1 Å². The van der Waals surface area contributed by atoms with Gasteiger partial charge in [0, 0.05) is 44.2 Å². The number of aryl methyl sites for hydroxylation is 2. The molecule has 11 heteroatoms. The molecule has 0 atom stereocenters. The predicted octanol–water partition coefficient (Wildman–Crippen LogP) is 3.40. The molecule has 0 unspecified atom stereocenters. The molecule has 0 bridgehead atoms. The molecule has 1 aliphatic heterocycles. The number of ether oxygens (including phenoxy) is 2. The minimum Gasteiger partial charge on any atom is -0.493 e. The second kappa shape index (κ2) is 13.1. The highest BCUT2D eigenvalue weighted by atomic mass is 32.2. The molecule has 1 aromatic carbocycles. The predicted molar refractivity (Wildman–Crippen MR) is 153 cm³/mol. The van der Waals surface area contributed by atoms with Crippen molar-refractivity contribution in [2.45, 2.75) is 51.3 Å². The number of sulfonamides is 1. The number of aromatic nitrogens is 3. The third-order valence-corrected chi connectivity index (χ3v) is 9.05. The molecule has 3 heterocycles. The summed E-state index contributed by atoms with van der Waals surface area (Å²) in [6, 6.07) is 6.80. The van der Waals surface area contributed by atoms with E-state index in [1.165, 1.54) is 4.31 Å². The summed E-state index contributed by atoms with van der Waals surface area (Å²) in [6.07, 6.45) is 3.17. The van der Waals surface area contributed by atoms with Gasteiger partial charge in [0.05, 0.1) is 36.1 Å². The van der Waals surface area contributed by atoms with E-state index >= 15 is 0 Å². The standard InChI is InChI=1S/C28H41N5O5S/c1-5-9-24-23-20-25(29-28(34)27(23)31(4)30-24)22-19-21(10-11-26(22)38-16-6-2)39(35,36)33(7-3)13-8-12-32-14-17-37-18-15-32/h10-11,19-20H,5-9,12-18H2,1-4H3,(H,29,34). The zero-order chi connectivity index (χ0) is 28.0. The molecule has 0 amide bonds. The third-order valence-electron chi connectivity index (χ3n) is 7.08. The maximum absolute atomic E-state index is 13.7. The molecule has 39 heavy (non-hydrogen) atoms. The first kappa shape index (κ1) is 29.3. The van der Waals surface area contributed by atoms with Crippen molar-refractivity contribution in [1.82, 2.24) is 24.0 Å². The van der Waals surface area contributed by atoms with Crippen molar-refractivity contribution in [3.05, 3.63) is 40.3 Å². The van der Waals surface area contributed by atoms with Gasteiger partial charge in [-0.25, -0.2) is 8.42 Å². The van der Waals surface area contributed by atoms with Crippen LogP contribution in [0.15, 0.2) is 34.0 Å². The first-order valence-corrected chi connectivity index (χ1v) is 15.4. The van der Waals surface area contributed by atoms with E-state index in [9.17, 15) is 13.2 Å². The number of hydrogen-bond acceptors (Lipinski definition) is 7. The number of nitrogens with zero attached hydrogens (tertiary/aromatic N) is 4. The third kappa shape index (κ3) is 6.54. The van der Waals surface area contributed by atoms with Crippen LogP contribution in [0.25, 0.3) is 22.2 Å². The van der Waals surface area contributed by atoms with Crippen molar-refractivity contribution in [3.8, 4) is 17.0 Å². The number of aromatic amines is 1. The number of pyridine rings is 1. The summed E-state index contributed by atoms with van der Waals surface area (Å²) >= 11 is 0.